The van der Waals surface area contributed by atoms with E-state index in [1.54, 1.807) is 19.1 Å². The van der Waals surface area contributed by atoms with Gasteiger partial charge in [-0.3, -0.25) is 0 Å². The molecule has 0 saturated heterocycles. The molecule has 2 rings (SSSR count). The first kappa shape index (κ1) is 11.5. The van der Waals surface area contributed by atoms with Crippen molar-refractivity contribution in [3.05, 3.63) is 33.4 Å². The number of benzene rings is 1. The van der Waals surface area contributed by atoms with Crippen molar-refractivity contribution in [3.8, 4) is 0 Å². The smallest absolute Gasteiger partial charge is 0.354 e. The molecule has 0 aliphatic carbocycles. The zero-order valence-corrected chi connectivity index (χ0v) is 10.9. The fourth-order valence-electron chi connectivity index (χ4n) is 1.46. The zero-order valence-electron chi connectivity index (χ0n) is 8.51. The van der Waals surface area contributed by atoms with Crippen LogP contribution in [-0.4, -0.2) is 17.6 Å². The van der Waals surface area contributed by atoms with Crippen molar-refractivity contribution in [1.29, 1.82) is 0 Å². The number of esters is 1. The molecule has 0 fully saturated rings. The summed E-state index contributed by atoms with van der Waals surface area (Å²) in [5, 5.41) is 1.52. The Morgan fingerprint density at radius 3 is 3.00 bits per heavy atom. The molecule has 1 N–H and O–H groups in total. The van der Waals surface area contributed by atoms with E-state index >= 15 is 0 Å². The highest BCUT2D eigenvalue weighted by molar-refractivity contribution is 9.10. The van der Waals surface area contributed by atoms with Crippen molar-refractivity contribution < 1.29 is 9.53 Å². The number of H-pyrrole nitrogens is 1. The Bertz CT molecular complexity index is 550. The molecule has 1 aromatic heterocycles. The number of halogens is 2. The third-order valence-corrected chi connectivity index (χ3v) is 3.55. The Balaban J connectivity index is 2.52. The molecule has 0 atom stereocenters. The standard InChI is InChI=1S/C11H9BrClNO2/c1-2-16-11(15)8-5-6-3-4-7(13)9(12)10(6)14-8/h3-5,14H,2H2,1H3. The van der Waals surface area contributed by atoms with Gasteiger partial charge in [-0.1, -0.05) is 17.7 Å². The number of aromatic amines is 1. The summed E-state index contributed by atoms with van der Waals surface area (Å²) < 4.78 is 5.66. The summed E-state index contributed by atoms with van der Waals surface area (Å²) in [4.78, 5) is 14.5. The number of ether oxygens (including phenoxy) is 1. The minimum absolute atomic E-state index is 0.357. The quantitative estimate of drug-likeness (QED) is 0.858. The van der Waals surface area contributed by atoms with Crippen molar-refractivity contribution in [2.24, 2.45) is 0 Å². The maximum Gasteiger partial charge on any atom is 0.354 e. The van der Waals surface area contributed by atoms with Crippen molar-refractivity contribution in [2.75, 3.05) is 6.61 Å². The van der Waals surface area contributed by atoms with E-state index in [4.69, 9.17) is 16.3 Å². The average molecular weight is 303 g/mol. The summed E-state index contributed by atoms with van der Waals surface area (Å²) in [5.74, 6) is -0.360. The molecule has 0 amide bonds. The van der Waals surface area contributed by atoms with E-state index < -0.39 is 0 Å². The monoisotopic (exact) mass is 301 g/mol. The molecule has 2 aromatic rings. The summed E-state index contributed by atoms with van der Waals surface area (Å²) in [6, 6.07) is 5.37. The second-order valence-electron chi connectivity index (χ2n) is 3.23. The minimum Gasteiger partial charge on any atom is -0.461 e. The third kappa shape index (κ3) is 1.95. The van der Waals surface area contributed by atoms with Gasteiger partial charge < -0.3 is 9.72 Å². The van der Waals surface area contributed by atoms with Crippen LogP contribution in [0.15, 0.2) is 22.7 Å². The van der Waals surface area contributed by atoms with E-state index in [0.29, 0.717) is 17.3 Å². The summed E-state index contributed by atoms with van der Waals surface area (Å²) in [7, 11) is 0. The van der Waals surface area contributed by atoms with Crippen LogP contribution in [0.5, 0.6) is 0 Å². The normalized spacial score (nSPS) is 10.7. The molecule has 0 radical (unpaired) electrons. The van der Waals surface area contributed by atoms with Crippen LogP contribution in [0.1, 0.15) is 17.4 Å². The minimum atomic E-state index is -0.360. The summed E-state index contributed by atoms with van der Waals surface area (Å²) in [6.07, 6.45) is 0. The van der Waals surface area contributed by atoms with Crippen LogP contribution in [0.25, 0.3) is 10.9 Å². The van der Waals surface area contributed by atoms with Gasteiger partial charge in [0, 0.05) is 5.39 Å². The SMILES string of the molecule is CCOC(=O)c1cc2ccc(Cl)c(Br)c2[nH]1. The molecule has 1 aromatic carbocycles. The van der Waals surface area contributed by atoms with Crippen LogP contribution in [0.3, 0.4) is 0 Å². The van der Waals surface area contributed by atoms with Crippen LogP contribution >= 0.6 is 27.5 Å². The Morgan fingerprint density at radius 2 is 2.31 bits per heavy atom. The highest BCUT2D eigenvalue weighted by Gasteiger charge is 2.12. The largest absolute Gasteiger partial charge is 0.461 e. The van der Waals surface area contributed by atoms with Crippen LogP contribution in [0, 0.1) is 0 Å². The molecule has 3 nitrogen and oxygen atoms in total. The number of nitrogens with one attached hydrogen (secondary N) is 1. The molecule has 0 aliphatic heterocycles. The van der Waals surface area contributed by atoms with Crippen LogP contribution in [-0.2, 0) is 4.74 Å². The molecule has 0 unspecified atom stereocenters. The van der Waals surface area contributed by atoms with Crippen molar-refractivity contribution in [1.82, 2.24) is 4.98 Å². The molecule has 0 saturated carbocycles. The van der Waals surface area contributed by atoms with Gasteiger partial charge in [0.1, 0.15) is 5.69 Å². The highest BCUT2D eigenvalue weighted by Crippen LogP contribution is 2.31. The Hall–Kier alpha value is -1.00. The molecule has 84 valence electrons. The average Bonchev–Trinajstić information content (AvgIpc) is 2.69. The molecule has 5 heteroatoms. The number of fused-ring (bicyclic) bond motifs is 1. The van der Waals surface area contributed by atoms with E-state index in [2.05, 4.69) is 20.9 Å². The van der Waals surface area contributed by atoms with Gasteiger partial charge in [0.05, 0.1) is 21.6 Å². The lowest BCUT2D eigenvalue weighted by molar-refractivity contribution is 0.0520. The highest BCUT2D eigenvalue weighted by atomic mass is 79.9. The number of carbonyl (C=O) groups is 1. The maximum absolute atomic E-state index is 11.5. The molecule has 0 spiro atoms. The van der Waals surface area contributed by atoms with E-state index in [-0.39, 0.29) is 5.97 Å². The van der Waals surface area contributed by atoms with E-state index in [9.17, 15) is 4.79 Å². The van der Waals surface area contributed by atoms with Gasteiger partial charge in [0.15, 0.2) is 0 Å². The van der Waals surface area contributed by atoms with Crippen molar-refractivity contribution in [3.63, 3.8) is 0 Å². The molecule has 1 heterocycles. The number of carbonyl (C=O) groups excluding carboxylic acids is 1. The lowest BCUT2D eigenvalue weighted by Gasteiger charge is -1.98. The van der Waals surface area contributed by atoms with Gasteiger partial charge >= 0.3 is 5.97 Å². The molecule has 0 aliphatic rings. The predicted octanol–water partition coefficient (Wildman–Crippen LogP) is 3.76. The first-order valence-corrected chi connectivity index (χ1v) is 5.94. The van der Waals surface area contributed by atoms with Gasteiger partial charge in [-0.05, 0) is 35.0 Å². The van der Waals surface area contributed by atoms with Gasteiger partial charge in [0.25, 0.3) is 0 Å². The van der Waals surface area contributed by atoms with Crippen LogP contribution < -0.4 is 0 Å². The Morgan fingerprint density at radius 1 is 1.56 bits per heavy atom. The lowest BCUT2D eigenvalue weighted by atomic mass is 10.2. The van der Waals surface area contributed by atoms with E-state index in [0.717, 1.165) is 15.4 Å². The summed E-state index contributed by atoms with van der Waals surface area (Å²) in [6.45, 7) is 2.13. The summed E-state index contributed by atoms with van der Waals surface area (Å²) in [5.41, 5.74) is 1.23. The lowest BCUT2D eigenvalue weighted by Crippen LogP contribution is -2.04. The Labute approximate surface area is 106 Å². The first-order chi connectivity index (χ1) is 7.63. The van der Waals surface area contributed by atoms with Gasteiger partial charge in [-0.25, -0.2) is 4.79 Å². The Kier molecular flexibility index (Phi) is 3.21. The number of hydrogen-bond donors (Lipinski definition) is 1. The molecule has 16 heavy (non-hydrogen) atoms. The predicted molar refractivity (Wildman–Crippen MR) is 67.0 cm³/mol. The maximum atomic E-state index is 11.5. The van der Waals surface area contributed by atoms with Crippen LogP contribution in [0.4, 0.5) is 0 Å². The second-order valence-corrected chi connectivity index (χ2v) is 4.43. The molecular weight excluding hydrogens is 293 g/mol. The van der Waals surface area contributed by atoms with Gasteiger partial charge in [-0.15, -0.1) is 0 Å². The third-order valence-electron chi connectivity index (χ3n) is 2.18. The van der Waals surface area contributed by atoms with Gasteiger partial charge in [0.2, 0.25) is 0 Å². The van der Waals surface area contributed by atoms with Crippen molar-refractivity contribution in [2.45, 2.75) is 6.92 Å². The summed E-state index contributed by atoms with van der Waals surface area (Å²) >= 11 is 9.32. The van der Waals surface area contributed by atoms with E-state index in [1.807, 2.05) is 6.07 Å². The number of hydrogen-bond acceptors (Lipinski definition) is 2. The number of aromatic nitrogens is 1. The van der Waals surface area contributed by atoms with Gasteiger partial charge in [-0.2, -0.15) is 0 Å². The molecule has 0 bridgehead atoms. The number of rotatable bonds is 2. The first-order valence-electron chi connectivity index (χ1n) is 4.77. The van der Waals surface area contributed by atoms with E-state index in [1.165, 1.54) is 0 Å². The van der Waals surface area contributed by atoms with Crippen molar-refractivity contribution >= 4 is 44.4 Å². The molecular formula is C11H9BrClNO2. The second kappa shape index (κ2) is 4.47. The van der Waals surface area contributed by atoms with Crippen LogP contribution in [0.2, 0.25) is 5.02 Å². The zero-order chi connectivity index (χ0) is 11.7. The fourth-order valence-corrected chi connectivity index (χ4v) is 2.08. The fraction of sp³-hybridized carbons (Fsp3) is 0.182. The topological polar surface area (TPSA) is 42.1 Å².